The number of hydrogen-bond donors (Lipinski definition) is 1. The summed E-state index contributed by atoms with van der Waals surface area (Å²) in [5.41, 5.74) is 5.97. The van der Waals surface area contributed by atoms with Crippen molar-refractivity contribution in [2.75, 3.05) is 18.8 Å². The molecule has 1 fully saturated rings. The molecule has 2 N–H and O–H groups in total. The van der Waals surface area contributed by atoms with Crippen molar-refractivity contribution < 1.29 is 9.18 Å². The van der Waals surface area contributed by atoms with E-state index >= 15 is 0 Å². The molecule has 3 nitrogen and oxygen atoms in total. The standard InChI is InChI=1S/C13H16BrFN2O/c14-10-8-11(15)12(16)7-9(10)13(18)17-5-3-1-2-4-6-17/h7-8H,1-6,16H2. The molecule has 1 heterocycles. The fraction of sp³-hybridized carbons (Fsp3) is 0.462. The maximum Gasteiger partial charge on any atom is 0.255 e. The molecule has 1 aromatic rings. The average Bonchev–Trinajstić information content (AvgIpc) is 2.61. The molecular formula is C13H16BrFN2O. The zero-order valence-corrected chi connectivity index (χ0v) is 11.7. The van der Waals surface area contributed by atoms with Crippen LogP contribution in [0.1, 0.15) is 36.0 Å². The highest BCUT2D eigenvalue weighted by Crippen LogP contribution is 2.25. The summed E-state index contributed by atoms with van der Waals surface area (Å²) >= 11 is 3.22. The van der Waals surface area contributed by atoms with Crippen LogP contribution < -0.4 is 5.73 Å². The third-order valence-corrected chi connectivity index (χ3v) is 3.87. The van der Waals surface area contributed by atoms with E-state index in [9.17, 15) is 9.18 Å². The number of carbonyl (C=O) groups excluding carboxylic acids is 1. The van der Waals surface area contributed by atoms with Crippen molar-refractivity contribution in [2.24, 2.45) is 0 Å². The molecule has 1 amide bonds. The third-order valence-electron chi connectivity index (χ3n) is 3.21. The first-order valence-corrected chi connectivity index (χ1v) is 6.92. The van der Waals surface area contributed by atoms with E-state index in [1.165, 1.54) is 12.1 Å². The third kappa shape index (κ3) is 2.83. The summed E-state index contributed by atoms with van der Waals surface area (Å²) in [6, 6.07) is 2.66. The molecule has 0 aliphatic carbocycles. The van der Waals surface area contributed by atoms with E-state index in [0.29, 0.717) is 10.0 Å². The Morgan fingerprint density at radius 1 is 1.22 bits per heavy atom. The Hall–Kier alpha value is -1.10. The van der Waals surface area contributed by atoms with E-state index in [4.69, 9.17) is 5.73 Å². The minimum absolute atomic E-state index is 0.0105. The van der Waals surface area contributed by atoms with Gasteiger partial charge in [0.1, 0.15) is 5.82 Å². The van der Waals surface area contributed by atoms with Gasteiger partial charge in [-0.25, -0.2) is 4.39 Å². The van der Waals surface area contributed by atoms with Gasteiger partial charge in [0.15, 0.2) is 0 Å². The maximum absolute atomic E-state index is 13.3. The zero-order valence-electron chi connectivity index (χ0n) is 10.1. The van der Waals surface area contributed by atoms with E-state index in [2.05, 4.69) is 15.9 Å². The molecule has 0 radical (unpaired) electrons. The summed E-state index contributed by atoms with van der Waals surface area (Å²) in [4.78, 5) is 14.2. The first kappa shape index (κ1) is 13.3. The van der Waals surface area contributed by atoms with Crippen molar-refractivity contribution >= 4 is 27.5 Å². The van der Waals surface area contributed by atoms with Gasteiger partial charge in [0, 0.05) is 17.6 Å². The average molecular weight is 315 g/mol. The van der Waals surface area contributed by atoms with Crippen LogP contribution in [0.25, 0.3) is 0 Å². The molecule has 0 unspecified atom stereocenters. The molecule has 0 saturated carbocycles. The number of carbonyl (C=O) groups is 1. The van der Waals surface area contributed by atoms with E-state index < -0.39 is 5.82 Å². The molecule has 0 aromatic heterocycles. The second kappa shape index (κ2) is 5.69. The van der Waals surface area contributed by atoms with Crippen LogP contribution in [0.4, 0.5) is 10.1 Å². The van der Waals surface area contributed by atoms with Gasteiger partial charge in [-0.2, -0.15) is 0 Å². The Balaban J connectivity index is 2.24. The van der Waals surface area contributed by atoms with Crippen molar-refractivity contribution in [1.29, 1.82) is 0 Å². The highest BCUT2D eigenvalue weighted by atomic mass is 79.9. The number of amides is 1. The van der Waals surface area contributed by atoms with Gasteiger partial charge >= 0.3 is 0 Å². The molecule has 0 atom stereocenters. The minimum atomic E-state index is -0.505. The van der Waals surface area contributed by atoms with Crippen LogP contribution in [-0.2, 0) is 0 Å². The Morgan fingerprint density at radius 2 is 1.83 bits per heavy atom. The lowest BCUT2D eigenvalue weighted by molar-refractivity contribution is 0.0760. The first-order valence-electron chi connectivity index (χ1n) is 6.13. The fourth-order valence-corrected chi connectivity index (χ4v) is 2.66. The second-order valence-electron chi connectivity index (χ2n) is 4.56. The highest BCUT2D eigenvalue weighted by Gasteiger charge is 2.20. The Morgan fingerprint density at radius 3 is 2.44 bits per heavy atom. The lowest BCUT2D eigenvalue weighted by atomic mass is 10.1. The Kier molecular flexibility index (Phi) is 4.22. The molecular weight excluding hydrogens is 299 g/mol. The molecule has 0 spiro atoms. The number of benzene rings is 1. The van der Waals surface area contributed by atoms with E-state index in [-0.39, 0.29) is 11.6 Å². The summed E-state index contributed by atoms with van der Waals surface area (Å²) in [6.07, 6.45) is 4.38. The summed E-state index contributed by atoms with van der Waals surface area (Å²) in [5.74, 6) is -0.579. The van der Waals surface area contributed by atoms with E-state index in [1.54, 1.807) is 0 Å². The van der Waals surface area contributed by atoms with Crippen LogP contribution in [0.3, 0.4) is 0 Å². The van der Waals surface area contributed by atoms with Crippen molar-refractivity contribution in [3.05, 3.63) is 28.0 Å². The van der Waals surface area contributed by atoms with E-state index in [1.807, 2.05) is 4.90 Å². The quantitative estimate of drug-likeness (QED) is 0.809. The first-order chi connectivity index (χ1) is 8.59. The lowest BCUT2D eigenvalue weighted by Gasteiger charge is -2.21. The van der Waals surface area contributed by atoms with Gasteiger partial charge in [0.25, 0.3) is 5.91 Å². The maximum atomic E-state index is 13.3. The molecule has 98 valence electrons. The van der Waals surface area contributed by atoms with Crippen LogP contribution in [0, 0.1) is 5.82 Å². The predicted molar refractivity (Wildman–Crippen MR) is 72.9 cm³/mol. The van der Waals surface area contributed by atoms with Crippen LogP contribution in [0.15, 0.2) is 16.6 Å². The number of likely N-dealkylation sites (tertiary alicyclic amines) is 1. The number of nitrogen functional groups attached to an aromatic ring is 1. The summed E-state index contributed by atoms with van der Waals surface area (Å²) in [6.45, 7) is 1.53. The van der Waals surface area contributed by atoms with Crippen LogP contribution >= 0.6 is 15.9 Å². The fourth-order valence-electron chi connectivity index (χ4n) is 2.17. The molecule has 1 saturated heterocycles. The second-order valence-corrected chi connectivity index (χ2v) is 5.41. The van der Waals surface area contributed by atoms with Gasteiger partial charge in [-0.1, -0.05) is 12.8 Å². The lowest BCUT2D eigenvalue weighted by Crippen LogP contribution is -2.32. The number of rotatable bonds is 1. The molecule has 1 aromatic carbocycles. The summed E-state index contributed by atoms with van der Waals surface area (Å²) in [7, 11) is 0. The van der Waals surface area contributed by atoms with Gasteiger partial charge in [-0.3, -0.25) is 4.79 Å². The topological polar surface area (TPSA) is 46.3 Å². The molecule has 5 heteroatoms. The van der Waals surface area contributed by atoms with Gasteiger partial charge in [-0.05, 0) is 40.9 Å². The molecule has 1 aliphatic heterocycles. The molecule has 2 rings (SSSR count). The van der Waals surface area contributed by atoms with Crippen LogP contribution in [-0.4, -0.2) is 23.9 Å². The highest BCUT2D eigenvalue weighted by molar-refractivity contribution is 9.10. The minimum Gasteiger partial charge on any atom is -0.396 e. The number of anilines is 1. The Labute approximate surface area is 114 Å². The monoisotopic (exact) mass is 314 g/mol. The number of nitrogens with zero attached hydrogens (tertiary/aromatic N) is 1. The molecule has 1 aliphatic rings. The Bertz CT molecular complexity index is 457. The molecule has 18 heavy (non-hydrogen) atoms. The number of halogens is 2. The SMILES string of the molecule is Nc1cc(C(=O)N2CCCCCC2)c(Br)cc1F. The van der Waals surface area contributed by atoms with Crippen molar-refractivity contribution in [1.82, 2.24) is 4.90 Å². The van der Waals surface area contributed by atoms with Crippen molar-refractivity contribution in [2.45, 2.75) is 25.7 Å². The number of nitrogens with two attached hydrogens (primary N) is 1. The van der Waals surface area contributed by atoms with Gasteiger partial charge in [0.2, 0.25) is 0 Å². The predicted octanol–water partition coefficient (Wildman–Crippen LogP) is 3.19. The normalized spacial score (nSPS) is 16.4. The summed E-state index contributed by atoms with van der Waals surface area (Å²) < 4.78 is 13.7. The molecule has 0 bridgehead atoms. The van der Waals surface area contributed by atoms with Gasteiger partial charge in [-0.15, -0.1) is 0 Å². The smallest absolute Gasteiger partial charge is 0.255 e. The van der Waals surface area contributed by atoms with Gasteiger partial charge in [0.05, 0.1) is 11.3 Å². The van der Waals surface area contributed by atoms with Crippen molar-refractivity contribution in [3.63, 3.8) is 0 Å². The summed E-state index contributed by atoms with van der Waals surface area (Å²) in [5, 5.41) is 0. The number of hydrogen-bond acceptors (Lipinski definition) is 2. The van der Waals surface area contributed by atoms with Crippen LogP contribution in [0.5, 0.6) is 0 Å². The van der Waals surface area contributed by atoms with Crippen molar-refractivity contribution in [3.8, 4) is 0 Å². The zero-order chi connectivity index (χ0) is 13.1. The van der Waals surface area contributed by atoms with Gasteiger partial charge < -0.3 is 10.6 Å². The van der Waals surface area contributed by atoms with Crippen LogP contribution in [0.2, 0.25) is 0 Å². The van der Waals surface area contributed by atoms with E-state index in [0.717, 1.165) is 38.8 Å². The largest absolute Gasteiger partial charge is 0.396 e.